The molecule has 1 saturated heterocycles. The zero-order chi connectivity index (χ0) is 17.8. The number of amides is 2. The molecule has 0 radical (unpaired) electrons. The van der Waals surface area contributed by atoms with Gasteiger partial charge in [0.2, 0.25) is 11.8 Å². The second-order valence-electron chi connectivity index (χ2n) is 7.52. The third-order valence-corrected chi connectivity index (χ3v) is 5.50. The Labute approximate surface area is 148 Å². The summed E-state index contributed by atoms with van der Waals surface area (Å²) in [7, 11) is 0. The van der Waals surface area contributed by atoms with E-state index in [0.717, 1.165) is 43.6 Å². The monoisotopic (exact) mass is 346 g/mol. The highest BCUT2D eigenvalue weighted by atomic mass is 19.1. The number of carbonyl (C=O) groups excluding carboxylic acids is 2. The lowest BCUT2D eigenvalue weighted by Gasteiger charge is -2.36. The molecule has 1 atom stereocenters. The van der Waals surface area contributed by atoms with E-state index in [1.165, 1.54) is 12.1 Å². The fourth-order valence-electron chi connectivity index (χ4n) is 3.88. The van der Waals surface area contributed by atoms with Crippen molar-refractivity contribution in [3.63, 3.8) is 0 Å². The Bertz CT molecular complexity index is 609. The van der Waals surface area contributed by atoms with Crippen LogP contribution in [-0.4, -0.2) is 28.8 Å². The smallest absolute Gasteiger partial charge is 0.243 e. The molecule has 1 saturated carbocycles. The van der Waals surface area contributed by atoms with Crippen LogP contribution in [-0.2, 0) is 16.1 Å². The van der Waals surface area contributed by atoms with Gasteiger partial charge >= 0.3 is 0 Å². The number of hydrogen-bond donors (Lipinski definition) is 1. The van der Waals surface area contributed by atoms with Crippen molar-refractivity contribution in [3.05, 3.63) is 35.6 Å². The van der Waals surface area contributed by atoms with Crippen molar-refractivity contribution >= 4 is 11.8 Å². The minimum absolute atomic E-state index is 0.00740. The molecule has 1 aliphatic carbocycles. The number of benzene rings is 1. The van der Waals surface area contributed by atoms with Gasteiger partial charge in [-0.3, -0.25) is 9.59 Å². The van der Waals surface area contributed by atoms with Gasteiger partial charge in [0.1, 0.15) is 11.9 Å². The standard InChI is InChI=1S/C20H27FN2O2/c1-14-5-11-17(12-6-14)22-20(25)18-3-2-4-19(24)23(18)13-15-7-9-16(21)10-8-15/h7-10,14,17-18H,2-6,11-13H2,1H3,(H,22,25). The number of nitrogens with zero attached hydrogens (tertiary/aromatic N) is 1. The van der Waals surface area contributed by atoms with Gasteiger partial charge in [0.05, 0.1) is 0 Å². The van der Waals surface area contributed by atoms with Crippen LogP contribution in [0.3, 0.4) is 0 Å². The van der Waals surface area contributed by atoms with E-state index in [9.17, 15) is 14.0 Å². The van der Waals surface area contributed by atoms with Gasteiger partial charge in [-0.05, 0) is 62.1 Å². The molecule has 2 fully saturated rings. The molecule has 0 spiro atoms. The lowest BCUT2D eigenvalue weighted by Crippen LogP contribution is -2.53. The zero-order valence-electron chi connectivity index (χ0n) is 14.8. The first-order valence-corrected chi connectivity index (χ1v) is 9.37. The first-order chi connectivity index (χ1) is 12.0. The highest BCUT2D eigenvalue weighted by Gasteiger charge is 2.34. The second-order valence-corrected chi connectivity index (χ2v) is 7.52. The molecule has 1 heterocycles. The number of piperidine rings is 1. The van der Waals surface area contributed by atoms with Gasteiger partial charge in [-0.2, -0.15) is 0 Å². The fourth-order valence-corrected chi connectivity index (χ4v) is 3.88. The Morgan fingerprint density at radius 1 is 1.16 bits per heavy atom. The first-order valence-electron chi connectivity index (χ1n) is 9.37. The fraction of sp³-hybridized carbons (Fsp3) is 0.600. The van der Waals surface area contributed by atoms with E-state index in [4.69, 9.17) is 0 Å². The summed E-state index contributed by atoms with van der Waals surface area (Å²) in [6.07, 6.45) is 6.26. The number of halogens is 1. The normalized spacial score (nSPS) is 27.2. The Kier molecular flexibility index (Phi) is 5.71. The van der Waals surface area contributed by atoms with E-state index in [0.29, 0.717) is 19.4 Å². The maximum atomic E-state index is 13.1. The van der Waals surface area contributed by atoms with E-state index < -0.39 is 6.04 Å². The average Bonchev–Trinajstić information content (AvgIpc) is 2.60. The van der Waals surface area contributed by atoms with Crippen molar-refractivity contribution in [2.45, 2.75) is 70.5 Å². The number of rotatable bonds is 4. The molecule has 1 N–H and O–H groups in total. The van der Waals surface area contributed by atoms with Gasteiger partial charge < -0.3 is 10.2 Å². The van der Waals surface area contributed by atoms with Crippen molar-refractivity contribution in [3.8, 4) is 0 Å². The molecule has 2 amide bonds. The van der Waals surface area contributed by atoms with Crippen LogP contribution in [0.15, 0.2) is 24.3 Å². The molecule has 0 bridgehead atoms. The Morgan fingerprint density at radius 3 is 2.52 bits per heavy atom. The summed E-state index contributed by atoms with van der Waals surface area (Å²) >= 11 is 0. The van der Waals surface area contributed by atoms with Crippen LogP contribution in [0.2, 0.25) is 0 Å². The topological polar surface area (TPSA) is 49.4 Å². The summed E-state index contributed by atoms with van der Waals surface area (Å²) < 4.78 is 13.1. The molecule has 1 aromatic carbocycles. The molecule has 4 nitrogen and oxygen atoms in total. The summed E-state index contributed by atoms with van der Waals surface area (Å²) in [5.41, 5.74) is 0.848. The van der Waals surface area contributed by atoms with Crippen molar-refractivity contribution in [1.29, 1.82) is 0 Å². The molecule has 5 heteroatoms. The predicted octanol–water partition coefficient (Wildman–Crippen LogP) is 3.40. The van der Waals surface area contributed by atoms with Gasteiger partial charge in [-0.25, -0.2) is 4.39 Å². The minimum Gasteiger partial charge on any atom is -0.352 e. The molecule has 1 unspecified atom stereocenters. The molecule has 25 heavy (non-hydrogen) atoms. The third-order valence-electron chi connectivity index (χ3n) is 5.50. The van der Waals surface area contributed by atoms with Crippen LogP contribution in [0.4, 0.5) is 4.39 Å². The quantitative estimate of drug-likeness (QED) is 0.908. The van der Waals surface area contributed by atoms with Crippen molar-refractivity contribution in [2.24, 2.45) is 5.92 Å². The van der Waals surface area contributed by atoms with Crippen molar-refractivity contribution < 1.29 is 14.0 Å². The minimum atomic E-state index is -0.411. The molecule has 0 aromatic heterocycles. The zero-order valence-corrected chi connectivity index (χ0v) is 14.8. The van der Waals surface area contributed by atoms with Crippen LogP contribution in [0, 0.1) is 11.7 Å². The van der Waals surface area contributed by atoms with E-state index in [-0.39, 0.29) is 23.7 Å². The van der Waals surface area contributed by atoms with Crippen LogP contribution >= 0.6 is 0 Å². The third kappa shape index (κ3) is 4.59. The maximum Gasteiger partial charge on any atom is 0.243 e. The van der Waals surface area contributed by atoms with E-state index >= 15 is 0 Å². The largest absolute Gasteiger partial charge is 0.352 e. The lowest BCUT2D eigenvalue weighted by atomic mass is 9.87. The van der Waals surface area contributed by atoms with Crippen molar-refractivity contribution in [1.82, 2.24) is 10.2 Å². The molecule has 136 valence electrons. The van der Waals surface area contributed by atoms with Crippen LogP contribution in [0.1, 0.15) is 57.4 Å². The Hall–Kier alpha value is -1.91. The highest BCUT2D eigenvalue weighted by molar-refractivity contribution is 5.88. The molecule has 2 aliphatic rings. The van der Waals surface area contributed by atoms with E-state index in [1.807, 2.05) is 0 Å². The van der Waals surface area contributed by atoms with Crippen molar-refractivity contribution in [2.75, 3.05) is 0 Å². The Morgan fingerprint density at radius 2 is 1.84 bits per heavy atom. The maximum absolute atomic E-state index is 13.1. The number of carbonyl (C=O) groups is 2. The second kappa shape index (κ2) is 7.98. The summed E-state index contributed by atoms with van der Waals surface area (Å²) in [4.78, 5) is 26.8. The first kappa shape index (κ1) is 17.9. The summed E-state index contributed by atoms with van der Waals surface area (Å²) in [6.45, 7) is 2.61. The molecular formula is C20H27FN2O2. The number of likely N-dealkylation sites (tertiary alicyclic amines) is 1. The summed E-state index contributed by atoms with van der Waals surface area (Å²) in [5.74, 6) is 0.414. The summed E-state index contributed by atoms with van der Waals surface area (Å²) in [5, 5.41) is 3.16. The van der Waals surface area contributed by atoms with Gasteiger partial charge in [0.25, 0.3) is 0 Å². The van der Waals surface area contributed by atoms with Crippen LogP contribution < -0.4 is 5.32 Å². The lowest BCUT2D eigenvalue weighted by molar-refractivity contribution is -0.144. The number of hydrogen-bond acceptors (Lipinski definition) is 2. The Balaban J connectivity index is 1.65. The van der Waals surface area contributed by atoms with E-state index in [2.05, 4.69) is 12.2 Å². The average molecular weight is 346 g/mol. The predicted molar refractivity (Wildman–Crippen MR) is 94.2 cm³/mol. The summed E-state index contributed by atoms with van der Waals surface area (Å²) in [6, 6.07) is 5.95. The van der Waals surface area contributed by atoms with Gasteiger partial charge in [-0.15, -0.1) is 0 Å². The molecule has 1 aromatic rings. The SMILES string of the molecule is CC1CCC(NC(=O)C2CCCC(=O)N2Cc2ccc(F)cc2)CC1. The highest BCUT2D eigenvalue weighted by Crippen LogP contribution is 2.25. The number of nitrogens with one attached hydrogen (secondary N) is 1. The van der Waals surface area contributed by atoms with Gasteiger partial charge in [-0.1, -0.05) is 19.1 Å². The van der Waals surface area contributed by atoms with Crippen LogP contribution in [0.25, 0.3) is 0 Å². The van der Waals surface area contributed by atoms with Crippen LogP contribution in [0.5, 0.6) is 0 Å². The molecule has 3 rings (SSSR count). The van der Waals surface area contributed by atoms with E-state index in [1.54, 1.807) is 17.0 Å². The molecule has 1 aliphatic heterocycles. The molecular weight excluding hydrogens is 319 g/mol. The van der Waals surface area contributed by atoms with Gasteiger partial charge in [0, 0.05) is 19.0 Å². The van der Waals surface area contributed by atoms with Gasteiger partial charge in [0.15, 0.2) is 0 Å².